The normalized spacial score (nSPS) is 12.4. The quantitative estimate of drug-likeness (QED) is 0.757. The molecule has 0 aromatic carbocycles. The number of sulfonamides is 1. The lowest BCUT2D eigenvalue weighted by atomic mass is 10.3. The van der Waals surface area contributed by atoms with Crippen molar-refractivity contribution < 1.29 is 21.6 Å². The van der Waals surface area contributed by atoms with Crippen molar-refractivity contribution in [1.29, 1.82) is 0 Å². The smallest absolute Gasteiger partial charge is 0.369 e. The second-order valence-electron chi connectivity index (χ2n) is 4.00. The topological polar surface area (TPSA) is 71.1 Å². The van der Waals surface area contributed by atoms with Gasteiger partial charge in [-0.2, -0.15) is 13.2 Å². The van der Waals surface area contributed by atoms with Crippen molar-refractivity contribution in [2.75, 3.05) is 18.4 Å². The molecule has 1 aromatic heterocycles. The molecule has 20 heavy (non-hydrogen) atoms. The van der Waals surface area contributed by atoms with Gasteiger partial charge in [-0.1, -0.05) is 0 Å². The van der Waals surface area contributed by atoms with E-state index in [2.05, 4.69) is 15.0 Å². The van der Waals surface area contributed by atoms with Crippen LogP contribution in [-0.2, 0) is 10.0 Å². The highest BCUT2D eigenvalue weighted by Gasteiger charge is 2.26. The first kappa shape index (κ1) is 16.7. The largest absolute Gasteiger partial charge is 0.389 e. The zero-order chi connectivity index (χ0) is 15.2. The van der Waals surface area contributed by atoms with E-state index in [-0.39, 0.29) is 23.7 Å². The van der Waals surface area contributed by atoms with Crippen LogP contribution in [0.15, 0.2) is 23.2 Å². The Labute approximate surface area is 115 Å². The summed E-state index contributed by atoms with van der Waals surface area (Å²) in [5, 5.41) is 2.79. The fraction of sp³-hybridized carbons (Fsp3) is 0.545. The van der Waals surface area contributed by atoms with Crippen LogP contribution in [0, 0.1) is 0 Å². The average Bonchev–Trinajstić information content (AvgIpc) is 2.35. The van der Waals surface area contributed by atoms with Crippen LogP contribution in [0.5, 0.6) is 0 Å². The molecule has 5 nitrogen and oxygen atoms in total. The summed E-state index contributed by atoms with van der Waals surface area (Å²) in [5.74, 6) is 0.179. The summed E-state index contributed by atoms with van der Waals surface area (Å²) in [6.45, 7) is 1.98. The summed E-state index contributed by atoms with van der Waals surface area (Å²) in [7, 11) is -3.87. The van der Waals surface area contributed by atoms with Gasteiger partial charge in [-0.15, -0.1) is 0 Å². The van der Waals surface area contributed by atoms with Gasteiger partial charge in [0, 0.05) is 25.7 Å². The standard InChI is InChI=1S/C11H16F3N3O2S/c1-2-15-10-9(5-3-7-16-10)20(18,19)17-8-4-6-11(12,13)14/h3,5,7,17H,2,4,6,8H2,1H3,(H,15,16). The Morgan fingerprint density at radius 2 is 2.05 bits per heavy atom. The third-order valence-electron chi connectivity index (χ3n) is 2.33. The number of hydrogen-bond donors (Lipinski definition) is 2. The Hall–Kier alpha value is -1.35. The van der Waals surface area contributed by atoms with E-state index in [0.29, 0.717) is 6.54 Å². The van der Waals surface area contributed by atoms with E-state index < -0.39 is 22.6 Å². The van der Waals surface area contributed by atoms with Gasteiger partial charge in [0.1, 0.15) is 10.7 Å². The predicted molar refractivity (Wildman–Crippen MR) is 68.9 cm³/mol. The summed E-state index contributed by atoms with van der Waals surface area (Å²) in [6.07, 6.45) is -4.18. The van der Waals surface area contributed by atoms with E-state index in [0.717, 1.165) is 0 Å². The minimum absolute atomic E-state index is 0.0751. The van der Waals surface area contributed by atoms with E-state index >= 15 is 0 Å². The molecule has 114 valence electrons. The summed E-state index contributed by atoms with van der Waals surface area (Å²) in [5.41, 5.74) is 0. The SMILES string of the molecule is CCNc1ncccc1S(=O)(=O)NCCCC(F)(F)F. The van der Waals surface area contributed by atoms with Gasteiger partial charge in [0.05, 0.1) is 0 Å². The van der Waals surface area contributed by atoms with Gasteiger partial charge in [-0.25, -0.2) is 18.1 Å². The fourth-order valence-corrected chi connectivity index (χ4v) is 2.69. The molecular formula is C11H16F3N3O2S. The maximum Gasteiger partial charge on any atom is 0.389 e. The number of aromatic nitrogens is 1. The van der Waals surface area contributed by atoms with Gasteiger partial charge in [-0.05, 0) is 25.5 Å². The lowest BCUT2D eigenvalue weighted by molar-refractivity contribution is -0.135. The number of anilines is 1. The number of nitrogens with zero attached hydrogens (tertiary/aromatic N) is 1. The molecule has 0 spiro atoms. The molecular weight excluding hydrogens is 295 g/mol. The monoisotopic (exact) mass is 311 g/mol. The van der Waals surface area contributed by atoms with Crippen molar-refractivity contribution in [2.45, 2.75) is 30.8 Å². The van der Waals surface area contributed by atoms with Crippen molar-refractivity contribution in [3.05, 3.63) is 18.3 Å². The molecule has 0 fully saturated rings. The Morgan fingerprint density at radius 1 is 1.35 bits per heavy atom. The molecule has 0 bridgehead atoms. The zero-order valence-corrected chi connectivity index (χ0v) is 11.7. The molecule has 0 aliphatic carbocycles. The average molecular weight is 311 g/mol. The molecule has 0 aliphatic heterocycles. The van der Waals surface area contributed by atoms with Crippen LogP contribution in [0.1, 0.15) is 19.8 Å². The minimum Gasteiger partial charge on any atom is -0.369 e. The highest BCUT2D eigenvalue weighted by atomic mass is 32.2. The highest BCUT2D eigenvalue weighted by molar-refractivity contribution is 7.89. The second-order valence-corrected chi connectivity index (χ2v) is 5.73. The molecule has 2 N–H and O–H groups in total. The minimum atomic E-state index is -4.28. The van der Waals surface area contributed by atoms with Gasteiger partial charge >= 0.3 is 6.18 Å². The van der Waals surface area contributed by atoms with Gasteiger partial charge in [0.2, 0.25) is 10.0 Å². The first-order valence-electron chi connectivity index (χ1n) is 6.01. The molecule has 0 atom stereocenters. The predicted octanol–water partition coefficient (Wildman–Crippen LogP) is 2.13. The van der Waals surface area contributed by atoms with E-state index in [4.69, 9.17) is 0 Å². The van der Waals surface area contributed by atoms with Crippen LogP contribution < -0.4 is 10.0 Å². The third-order valence-corrected chi connectivity index (χ3v) is 3.83. The van der Waals surface area contributed by atoms with Crippen LogP contribution in [0.2, 0.25) is 0 Å². The Morgan fingerprint density at radius 3 is 2.65 bits per heavy atom. The first-order valence-corrected chi connectivity index (χ1v) is 7.50. The molecule has 0 amide bonds. The second kappa shape index (κ2) is 6.89. The maximum absolute atomic E-state index is 12.0. The number of alkyl halides is 3. The number of halogens is 3. The molecule has 0 saturated heterocycles. The lowest BCUT2D eigenvalue weighted by Crippen LogP contribution is -2.27. The zero-order valence-electron chi connectivity index (χ0n) is 10.9. The van der Waals surface area contributed by atoms with Crippen molar-refractivity contribution in [3.8, 4) is 0 Å². The van der Waals surface area contributed by atoms with Crippen LogP contribution >= 0.6 is 0 Å². The molecule has 1 rings (SSSR count). The molecule has 0 saturated carbocycles. The molecule has 0 unspecified atom stereocenters. The maximum atomic E-state index is 12.0. The number of hydrogen-bond acceptors (Lipinski definition) is 4. The Balaban J connectivity index is 2.69. The molecule has 0 radical (unpaired) electrons. The summed E-state index contributed by atoms with van der Waals surface area (Å²) >= 11 is 0. The van der Waals surface area contributed by atoms with Crippen LogP contribution in [0.3, 0.4) is 0 Å². The van der Waals surface area contributed by atoms with Crippen molar-refractivity contribution in [2.24, 2.45) is 0 Å². The fourth-order valence-electron chi connectivity index (χ4n) is 1.48. The molecule has 1 aromatic rings. The van der Waals surface area contributed by atoms with Crippen molar-refractivity contribution in [3.63, 3.8) is 0 Å². The number of pyridine rings is 1. The molecule has 9 heteroatoms. The van der Waals surface area contributed by atoms with Crippen molar-refractivity contribution >= 4 is 15.8 Å². The van der Waals surface area contributed by atoms with Crippen LogP contribution in [0.25, 0.3) is 0 Å². The highest BCUT2D eigenvalue weighted by Crippen LogP contribution is 2.21. The van der Waals surface area contributed by atoms with Crippen LogP contribution in [-0.4, -0.2) is 32.7 Å². The van der Waals surface area contributed by atoms with Gasteiger partial charge < -0.3 is 5.32 Å². The van der Waals surface area contributed by atoms with Gasteiger partial charge in [0.25, 0.3) is 0 Å². The summed E-state index contributed by atoms with van der Waals surface area (Å²) in [4.78, 5) is 3.82. The Kier molecular flexibility index (Phi) is 5.75. The first-order chi connectivity index (χ1) is 9.26. The van der Waals surface area contributed by atoms with E-state index in [1.165, 1.54) is 18.3 Å². The van der Waals surface area contributed by atoms with Gasteiger partial charge in [-0.3, -0.25) is 0 Å². The lowest BCUT2D eigenvalue weighted by Gasteiger charge is -2.11. The van der Waals surface area contributed by atoms with Gasteiger partial charge in [0.15, 0.2) is 0 Å². The Bertz CT molecular complexity index is 532. The third kappa shape index (κ3) is 5.33. The van der Waals surface area contributed by atoms with Crippen LogP contribution in [0.4, 0.5) is 19.0 Å². The molecule has 0 aliphatic rings. The van der Waals surface area contributed by atoms with E-state index in [1.54, 1.807) is 6.92 Å². The van der Waals surface area contributed by atoms with E-state index in [1.807, 2.05) is 0 Å². The molecule has 1 heterocycles. The summed E-state index contributed by atoms with van der Waals surface area (Å²) < 4.78 is 62.0. The number of rotatable bonds is 7. The summed E-state index contributed by atoms with van der Waals surface area (Å²) in [6, 6.07) is 2.79. The van der Waals surface area contributed by atoms with Crippen molar-refractivity contribution in [1.82, 2.24) is 9.71 Å². The van der Waals surface area contributed by atoms with E-state index in [9.17, 15) is 21.6 Å². The number of nitrogens with one attached hydrogen (secondary N) is 2.